The number of nitrogen functional groups attached to an aromatic ring is 1. The lowest BCUT2D eigenvalue weighted by Gasteiger charge is -2.11. The molecule has 0 aliphatic carbocycles. The van der Waals surface area contributed by atoms with Gasteiger partial charge in [-0.25, -0.2) is 0 Å². The van der Waals surface area contributed by atoms with Crippen LogP contribution in [-0.4, -0.2) is 4.98 Å². The molecule has 1 aromatic heterocycles. The second-order valence-electron chi connectivity index (χ2n) is 4.21. The summed E-state index contributed by atoms with van der Waals surface area (Å²) in [6.07, 6.45) is 1.77. The fourth-order valence-electron chi connectivity index (χ4n) is 2.00. The number of para-hydroxylation sites is 1. The number of fused-ring (bicyclic) bond motifs is 1. The predicted octanol–water partition coefficient (Wildman–Crippen LogP) is 4.32. The maximum absolute atomic E-state index is 5.97. The molecule has 0 aliphatic rings. The quantitative estimate of drug-likeness (QED) is 0.693. The summed E-state index contributed by atoms with van der Waals surface area (Å²) in [6.45, 7) is 0. The van der Waals surface area contributed by atoms with Crippen LogP contribution in [0.4, 0.5) is 17.1 Å². The first-order chi connectivity index (χ1) is 9.25. The van der Waals surface area contributed by atoms with Crippen LogP contribution in [0, 0.1) is 0 Å². The molecule has 0 spiro atoms. The van der Waals surface area contributed by atoms with Crippen molar-refractivity contribution in [2.24, 2.45) is 0 Å². The standard InChI is InChI=1S/C15H12BrN3/c16-11-5-1-2-6-13(11)19-14-8-7-12(17)10-4-3-9-18-15(10)14/h1-9,19H,17H2. The van der Waals surface area contributed by atoms with Crippen LogP contribution in [0.5, 0.6) is 0 Å². The number of halogens is 1. The highest BCUT2D eigenvalue weighted by Crippen LogP contribution is 2.31. The molecular formula is C15H12BrN3. The molecule has 2 aromatic carbocycles. The summed E-state index contributed by atoms with van der Waals surface area (Å²) in [5, 5.41) is 4.34. The molecule has 1 heterocycles. The summed E-state index contributed by atoms with van der Waals surface area (Å²) in [4.78, 5) is 4.41. The molecule has 3 nitrogen and oxygen atoms in total. The van der Waals surface area contributed by atoms with E-state index >= 15 is 0 Å². The average molecular weight is 314 g/mol. The smallest absolute Gasteiger partial charge is 0.0957 e. The number of aromatic nitrogens is 1. The third-order valence-electron chi connectivity index (χ3n) is 2.95. The normalized spacial score (nSPS) is 10.6. The van der Waals surface area contributed by atoms with Gasteiger partial charge in [-0.3, -0.25) is 4.98 Å². The minimum atomic E-state index is 0.737. The molecule has 0 aliphatic heterocycles. The Labute approximate surface area is 119 Å². The Balaban J connectivity index is 2.12. The lowest BCUT2D eigenvalue weighted by atomic mass is 10.1. The van der Waals surface area contributed by atoms with Crippen LogP contribution in [-0.2, 0) is 0 Å². The van der Waals surface area contributed by atoms with Crippen LogP contribution in [0.1, 0.15) is 0 Å². The lowest BCUT2D eigenvalue weighted by molar-refractivity contribution is 1.40. The number of anilines is 3. The van der Waals surface area contributed by atoms with Gasteiger partial charge in [-0.05, 0) is 52.3 Å². The Morgan fingerprint density at radius 1 is 0.947 bits per heavy atom. The number of hydrogen-bond acceptors (Lipinski definition) is 3. The van der Waals surface area contributed by atoms with Crippen LogP contribution in [0.25, 0.3) is 10.9 Å². The maximum Gasteiger partial charge on any atom is 0.0957 e. The van der Waals surface area contributed by atoms with Crippen molar-refractivity contribution < 1.29 is 0 Å². The Kier molecular flexibility index (Phi) is 3.09. The molecule has 0 saturated heterocycles. The first-order valence-electron chi connectivity index (χ1n) is 5.90. The molecule has 3 rings (SSSR count). The molecular weight excluding hydrogens is 302 g/mol. The molecule has 0 bridgehead atoms. The van der Waals surface area contributed by atoms with Crippen molar-refractivity contribution in [2.75, 3.05) is 11.1 Å². The summed E-state index contributed by atoms with van der Waals surface area (Å²) in [5.41, 5.74) is 9.52. The first-order valence-corrected chi connectivity index (χ1v) is 6.70. The third-order valence-corrected chi connectivity index (χ3v) is 3.64. The van der Waals surface area contributed by atoms with Gasteiger partial charge in [-0.1, -0.05) is 12.1 Å². The highest BCUT2D eigenvalue weighted by atomic mass is 79.9. The minimum absolute atomic E-state index is 0.737. The van der Waals surface area contributed by atoms with Crippen LogP contribution in [0.2, 0.25) is 0 Å². The molecule has 19 heavy (non-hydrogen) atoms. The number of nitrogens with one attached hydrogen (secondary N) is 1. The van der Waals surface area contributed by atoms with Gasteiger partial charge in [-0.2, -0.15) is 0 Å². The fraction of sp³-hybridized carbons (Fsp3) is 0. The van der Waals surface area contributed by atoms with Gasteiger partial charge in [-0.15, -0.1) is 0 Å². The summed E-state index contributed by atoms with van der Waals surface area (Å²) in [7, 11) is 0. The SMILES string of the molecule is Nc1ccc(Nc2ccccc2Br)c2ncccc12. The largest absolute Gasteiger partial charge is 0.398 e. The van der Waals surface area contributed by atoms with Crippen molar-refractivity contribution >= 4 is 43.9 Å². The average Bonchev–Trinajstić information content (AvgIpc) is 2.44. The van der Waals surface area contributed by atoms with E-state index in [0.717, 1.165) is 32.4 Å². The van der Waals surface area contributed by atoms with Crippen molar-refractivity contribution in [3.05, 3.63) is 59.2 Å². The maximum atomic E-state index is 5.97. The van der Waals surface area contributed by atoms with Crippen molar-refractivity contribution in [3.8, 4) is 0 Å². The third kappa shape index (κ3) is 2.27. The van der Waals surface area contributed by atoms with Gasteiger partial charge in [0.2, 0.25) is 0 Å². The molecule has 0 atom stereocenters. The van der Waals surface area contributed by atoms with E-state index in [1.807, 2.05) is 48.5 Å². The van der Waals surface area contributed by atoms with E-state index in [-0.39, 0.29) is 0 Å². The number of nitrogens with zero attached hydrogens (tertiary/aromatic N) is 1. The molecule has 94 valence electrons. The van der Waals surface area contributed by atoms with E-state index < -0.39 is 0 Å². The Morgan fingerprint density at radius 2 is 1.79 bits per heavy atom. The topological polar surface area (TPSA) is 50.9 Å². The monoisotopic (exact) mass is 313 g/mol. The number of nitrogens with two attached hydrogens (primary N) is 1. The summed E-state index contributed by atoms with van der Waals surface area (Å²) < 4.78 is 1.01. The highest BCUT2D eigenvalue weighted by molar-refractivity contribution is 9.10. The second kappa shape index (κ2) is 4.90. The van der Waals surface area contributed by atoms with Gasteiger partial charge in [0.05, 0.1) is 16.9 Å². The molecule has 4 heteroatoms. The Hall–Kier alpha value is -2.07. The van der Waals surface area contributed by atoms with Gasteiger partial charge >= 0.3 is 0 Å². The van der Waals surface area contributed by atoms with Gasteiger partial charge in [0.1, 0.15) is 0 Å². The molecule has 3 aromatic rings. The second-order valence-corrected chi connectivity index (χ2v) is 5.06. The van der Waals surface area contributed by atoms with Gasteiger partial charge in [0, 0.05) is 21.7 Å². The Bertz CT molecular complexity index is 740. The van der Waals surface area contributed by atoms with Gasteiger partial charge in [0.25, 0.3) is 0 Å². The summed E-state index contributed by atoms with van der Waals surface area (Å²) in [5.74, 6) is 0. The van der Waals surface area contributed by atoms with Gasteiger partial charge < -0.3 is 11.1 Å². The zero-order valence-electron chi connectivity index (χ0n) is 10.1. The predicted molar refractivity (Wildman–Crippen MR) is 83.6 cm³/mol. The lowest BCUT2D eigenvalue weighted by Crippen LogP contribution is -1.96. The molecule has 0 radical (unpaired) electrons. The summed E-state index contributed by atoms with van der Waals surface area (Å²) >= 11 is 3.52. The molecule has 0 saturated carbocycles. The van der Waals surface area contributed by atoms with E-state index in [1.54, 1.807) is 6.20 Å². The number of benzene rings is 2. The first kappa shape index (κ1) is 12.0. The van der Waals surface area contributed by atoms with E-state index in [1.165, 1.54) is 0 Å². The Morgan fingerprint density at radius 3 is 2.63 bits per heavy atom. The van der Waals surface area contributed by atoms with E-state index in [2.05, 4.69) is 26.2 Å². The molecule has 0 unspecified atom stereocenters. The summed E-state index contributed by atoms with van der Waals surface area (Å²) in [6, 6.07) is 15.7. The van der Waals surface area contributed by atoms with Crippen molar-refractivity contribution in [2.45, 2.75) is 0 Å². The molecule has 3 N–H and O–H groups in total. The fourth-order valence-corrected chi connectivity index (χ4v) is 2.39. The molecule has 0 fully saturated rings. The van der Waals surface area contributed by atoms with Crippen LogP contribution < -0.4 is 11.1 Å². The molecule has 0 amide bonds. The zero-order valence-corrected chi connectivity index (χ0v) is 11.7. The van der Waals surface area contributed by atoms with Crippen LogP contribution in [0.3, 0.4) is 0 Å². The number of rotatable bonds is 2. The van der Waals surface area contributed by atoms with Crippen molar-refractivity contribution in [1.82, 2.24) is 4.98 Å². The van der Waals surface area contributed by atoms with E-state index in [0.29, 0.717) is 0 Å². The van der Waals surface area contributed by atoms with Gasteiger partial charge in [0.15, 0.2) is 0 Å². The van der Waals surface area contributed by atoms with E-state index in [9.17, 15) is 0 Å². The number of pyridine rings is 1. The van der Waals surface area contributed by atoms with Crippen LogP contribution in [0.15, 0.2) is 59.2 Å². The van der Waals surface area contributed by atoms with Crippen molar-refractivity contribution in [3.63, 3.8) is 0 Å². The zero-order chi connectivity index (χ0) is 13.2. The minimum Gasteiger partial charge on any atom is -0.398 e. The van der Waals surface area contributed by atoms with E-state index in [4.69, 9.17) is 5.73 Å². The highest BCUT2D eigenvalue weighted by Gasteiger charge is 2.06. The van der Waals surface area contributed by atoms with Crippen LogP contribution >= 0.6 is 15.9 Å². The number of hydrogen-bond donors (Lipinski definition) is 2. The van der Waals surface area contributed by atoms with Crippen molar-refractivity contribution in [1.29, 1.82) is 0 Å².